The molecule has 0 bridgehead atoms. The summed E-state index contributed by atoms with van der Waals surface area (Å²) in [4.78, 5) is 11.9. The number of hydrogen-bond acceptors (Lipinski definition) is 2. The van der Waals surface area contributed by atoms with Crippen molar-refractivity contribution in [3.05, 3.63) is 69.9 Å². The molecule has 1 atom stereocenters. The lowest BCUT2D eigenvalue weighted by atomic mass is 10.1. The maximum Gasteiger partial charge on any atom is 0.164 e. The molecule has 0 aliphatic carbocycles. The second-order valence-corrected chi connectivity index (χ2v) is 5.82. The topological polar surface area (TPSA) is 29.1 Å². The molecule has 0 fully saturated rings. The minimum absolute atomic E-state index is 0.0190. The van der Waals surface area contributed by atoms with E-state index >= 15 is 0 Å². The lowest BCUT2D eigenvalue weighted by Crippen LogP contribution is -2.22. The van der Waals surface area contributed by atoms with Crippen LogP contribution < -0.4 is 5.32 Å². The van der Waals surface area contributed by atoms with E-state index in [4.69, 9.17) is 0 Å². The van der Waals surface area contributed by atoms with Crippen LogP contribution in [-0.4, -0.2) is 12.3 Å². The number of benzene rings is 2. The van der Waals surface area contributed by atoms with Crippen LogP contribution in [-0.2, 0) is 0 Å². The summed E-state index contributed by atoms with van der Waals surface area (Å²) in [5, 5.41) is 3.32. The number of nitrogens with one attached hydrogen (secondary N) is 1. The summed E-state index contributed by atoms with van der Waals surface area (Å²) in [6.07, 6.45) is 0.395. The molecule has 0 aromatic heterocycles. The van der Waals surface area contributed by atoms with Crippen molar-refractivity contribution in [3.8, 4) is 0 Å². The van der Waals surface area contributed by atoms with Crippen LogP contribution in [0.1, 0.15) is 35.3 Å². The van der Waals surface area contributed by atoms with Gasteiger partial charge < -0.3 is 5.32 Å². The van der Waals surface area contributed by atoms with Gasteiger partial charge in [0, 0.05) is 29.0 Å². The molecule has 0 saturated heterocycles. The molecule has 1 N–H and O–H groups in total. The average molecular weight is 350 g/mol. The fraction of sp³-hybridized carbons (Fsp3) is 0.235. The van der Waals surface area contributed by atoms with Gasteiger partial charge in [-0.3, -0.25) is 4.79 Å². The van der Waals surface area contributed by atoms with Crippen molar-refractivity contribution < 1.29 is 9.18 Å². The van der Waals surface area contributed by atoms with E-state index in [0.29, 0.717) is 18.5 Å². The Labute approximate surface area is 132 Å². The zero-order chi connectivity index (χ0) is 15.2. The smallest absolute Gasteiger partial charge is 0.164 e. The van der Waals surface area contributed by atoms with E-state index in [1.54, 1.807) is 0 Å². The van der Waals surface area contributed by atoms with Gasteiger partial charge in [0.2, 0.25) is 0 Å². The minimum Gasteiger partial charge on any atom is -0.310 e. The standard InChI is InChI=1S/C17H17BrFNO/c1-12(13-2-6-15(18)7-3-13)20-11-10-17(21)14-4-8-16(19)9-5-14/h2-9,12,20H,10-11H2,1H3. The van der Waals surface area contributed by atoms with E-state index in [2.05, 4.69) is 28.2 Å². The minimum atomic E-state index is -0.325. The summed E-state index contributed by atoms with van der Waals surface area (Å²) in [5.41, 5.74) is 1.72. The number of carbonyl (C=O) groups is 1. The molecule has 21 heavy (non-hydrogen) atoms. The zero-order valence-electron chi connectivity index (χ0n) is 11.8. The Hall–Kier alpha value is -1.52. The lowest BCUT2D eigenvalue weighted by Gasteiger charge is -2.14. The van der Waals surface area contributed by atoms with E-state index in [-0.39, 0.29) is 17.6 Å². The van der Waals surface area contributed by atoms with Gasteiger partial charge in [-0.1, -0.05) is 28.1 Å². The summed E-state index contributed by atoms with van der Waals surface area (Å²) in [6, 6.07) is 13.9. The molecule has 110 valence electrons. The van der Waals surface area contributed by atoms with Gasteiger partial charge in [0.25, 0.3) is 0 Å². The monoisotopic (exact) mass is 349 g/mol. The molecule has 0 aliphatic rings. The second kappa shape index (κ2) is 7.48. The first kappa shape index (κ1) is 15.9. The highest BCUT2D eigenvalue weighted by Crippen LogP contribution is 2.16. The SMILES string of the molecule is CC(NCCC(=O)c1ccc(F)cc1)c1ccc(Br)cc1. The van der Waals surface area contributed by atoms with E-state index in [9.17, 15) is 9.18 Å². The molecule has 4 heteroatoms. The van der Waals surface area contributed by atoms with Gasteiger partial charge in [-0.2, -0.15) is 0 Å². The highest BCUT2D eigenvalue weighted by Gasteiger charge is 2.08. The van der Waals surface area contributed by atoms with Crippen LogP contribution >= 0.6 is 15.9 Å². The number of carbonyl (C=O) groups excluding carboxylic acids is 1. The van der Waals surface area contributed by atoms with Crippen molar-refractivity contribution in [2.45, 2.75) is 19.4 Å². The Morgan fingerprint density at radius 3 is 2.38 bits per heavy atom. The molecule has 0 amide bonds. The maximum atomic E-state index is 12.8. The van der Waals surface area contributed by atoms with Gasteiger partial charge in [0.1, 0.15) is 5.82 Å². The van der Waals surface area contributed by atoms with Gasteiger partial charge >= 0.3 is 0 Å². The number of halogens is 2. The van der Waals surface area contributed by atoms with E-state index in [1.807, 2.05) is 24.3 Å². The molecular formula is C17H17BrFNO. The summed E-state index contributed by atoms with van der Waals surface area (Å²) in [7, 11) is 0. The summed E-state index contributed by atoms with van der Waals surface area (Å²) < 4.78 is 13.8. The first-order valence-corrected chi connectivity index (χ1v) is 7.63. The molecular weight excluding hydrogens is 333 g/mol. The summed E-state index contributed by atoms with van der Waals surface area (Å²) >= 11 is 3.41. The fourth-order valence-corrected chi connectivity index (χ4v) is 2.32. The fourth-order valence-electron chi connectivity index (χ4n) is 2.05. The Morgan fingerprint density at radius 1 is 1.14 bits per heavy atom. The molecule has 0 radical (unpaired) electrons. The molecule has 2 nitrogen and oxygen atoms in total. The third-order valence-electron chi connectivity index (χ3n) is 3.34. The highest BCUT2D eigenvalue weighted by atomic mass is 79.9. The number of hydrogen-bond donors (Lipinski definition) is 1. The molecule has 2 rings (SSSR count). The van der Waals surface area contributed by atoms with Crippen molar-refractivity contribution in [3.63, 3.8) is 0 Å². The molecule has 2 aromatic carbocycles. The molecule has 0 spiro atoms. The summed E-state index contributed by atoms with van der Waals surface area (Å²) in [6.45, 7) is 2.65. The predicted octanol–water partition coefficient (Wildman–Crippen LogP) is 4.51. The molecule has 0 heterocycles. The highest BCUT2D eigenvalue weighted by molar-refractivity contribution is 9.10. The second-order valence-electron chi connectivity index (χ2n) is 4.91. The number of ketones is 1. The normalized spacial score (nSPS) is 12.1. The Morgan fingerprint density at radius 2 is 1.76 bits per heavy atom. The largest absolute Gasteiger partial charge is 0.310 e. The first-order chi connectivity index (χ1) is 10.1. The zero-order valence-corrected chi connectivity index (χ0v) is 13.4. The third-order valence-corrected chi connectivity index (χ3v) is 3.87. The third kappa shape index (κ3) is 4.76. The molecule has 2 aromatic rings. The Bertz CT molecular complexity index is 595. The van der Waals surface area contributed by atoms with Gasteiger partial charge in [0.05, 0.1) is 0 Å². The van der Waals surface area contributed by atoms with Crippen LogP contribution in [0.4, 0.5) is 4.39 Å². The van der Waals surface area contributed by atoms with Crippen LogP contribution in [0.2, 0.25) is 0 Å². The van der Waals surface area contributed by atoms with Crippen LogP contribution in [0.25, 0.3) is 0 Å². The van der Waals surface area contributed by atoms with E-state index in [1.165, 1.54) is 29.8 Å². The quantitative estimate of drug-likeness (QED) is 0.777. The van der Waals surface area contributed by atoms with Crippen LogP contribution in [0, 0.1) is 5.82 Å². The Balaban J connectivity index is 1.82. The van der Waals surface area contributed by atoms with Crippen LogP contribution in [0.15, 0.2) is 53.0 Å². The number of Topliss-reactive ketones (excluding diaryl/α,β-unsaturated/α-hetero) is 1. The molecule has 0 saturated carbocycles. The molecule has 1 unspecified atom stereocenters. The summed E-state index contributed by atoms with van der Waals surface area (Å²) in [5.74, 6) is -0.306. The van der Waals surface area contributed by atoms with Crippen molar-refractivity contribution in [2.24, 2.45) is 0 Å². The van der Waals surface area contributed by atoms with Gasteiger partial charge in [0.15, 0.2) is 5.78 Å². The van der Waals surface area contributed by atoms with Gasteiger partial charge in [-0.15, -0.1) is 0 Å². The van der Waals surface area contributed by atoms with Crippen LogP contribution in [0.3, 0.4) is 0 Å². The number of rotatable bonds is 6. The van der Waals surface area contributed by atoms with Crippen molar-refractivity contribution in [1.29, 1.82) is 0 Å². The van der Waals surface area contributed by atoms with Crippen molar-refractivity contribution >= 4 is 21.7 Å². The van der Waals surface area contributed by atoms with Crippen molar-refractivity contribution in [2.75, 3.05) is 6.54 Å². The van der Waals surface area contributed by atoms with Gasteiger partial charge in [-0.25, -0.2) is 4.39 Å². The predicted molar refractivity (Wildman–Crippen MR) is 85.9 cm³/mol. The van der Waals surface area contributed by atoms with E-state index in [0.717, 1.165) is 4.47 Å². The van der Waals surface area contributed by atoms with Crippen molar-refractivity contribution in [1.82, 2.24) is 5.32 Å². The lowest BCUT2D eigenvalue weighted by molar-refractivity contribution is 0.0982. The first-order valence-electron chi connectivity index (χ1n) is 6.84. The maximum absolute atomic E-state index is 12.8. The molecule has 0 aliphatic heterocycles. The Kier molecular flexibility index (Phi) is 5.65. The van der Waals surface area contributed by atoms with E-state index < -0.39 is 0 Å². The average Bonchev–Trinajstić information content (AvgIpc) is 2.48. The van der Waals surface area contributed by atoms with Gasteiger partial charge in [-0.05, 0) is 48.9 Å². The van der Waals surface area contributed by atoms with Crippen LogP contribution in [0.5, 0.6) is 0 Å².